The van der Waals surface area contributed by atoms with Crippen LogP contribution in [0.3, 0.4) is 0 Å². The molecule has 1 aromatic rings. The van der Waals surface area contributed by atoms with Crippen LogP contribution in [0.1, 0.15) is 50.7 Å². The number of rotatable bonds is 5. The highest BCUT2D eigenvalue weighted by Crippen LogP contribution is 2.26. The van der Waals surface area contributed by atoms with Gasteiger partial charge < -0.3 is 5.73 Å². The van der Waals surface area contributed by atoms with Crippen molar-refractivity contribution in [2.45, 2.75) is 59.0 Å². The molecule has 1 aliphatic rings. The summed E-state index contributed by atoms with van der Waals surface area (Å²) in [6.45, 7) is 8.94. The summed E-state index contributed by atoms with van der Waals surface area (Å²) in [5.74, 6) is 0.725. The molecule has 0 radical (unpaired) electrons. The van der Waals surface area contributed by atoms with E-state index in [9.17, 15) is 0 Å². The van der Waals surface area contributed by atoms with E-state index in [2.05, 4.69) is 43.9 Å². The van der Waals surface area contributed by atoms with Gasteiger partial charge in [0.15, 0.2) is 0 Å². The maximum atomic E-state index is 6.03. The molecule has 19 heavy (non-hydrogen) atoms. The maximum absolute atomic E-state index is 6.03. The molecule has 0 aromatic heterocycles. The van der Waals surface area contributed by atoms with Crippen molar-refractivity contribution in [3.8, 4) is 0 Å². The van der Waals surface area contributed by atoms with Gasteiger partial charge in [0.25, 0.3) is 0 Å². The molecule has 1 saturated carbocycles. The molecule has 2 rings (SSSR count). The minimum atomic E-state index is 0.725. The second kappa shape index (κ2) is 6.42. The van der Waals surface area contributed by atoms with E-state index in [-0.39, 0.29) is 0 Å². The Bertz CT molecular complexity index is 406. The fraction of sp³-hybridized carbons (Fsp3) is 0.647. The molecule has 0 amide bonds. The number of hydrogen-bond donors (Lipinski definition) is 1. The normalized spacial score (nSPS) is 16.7. The topological polar surface area (TPSA) is 29.3 Å². The fourth-order valence-electron chi connectivity index (χ4n) is 3.10. The molecule has 1 fully saturated rings. The maximum Gasteiger partial charge on any atom is 0.0346 e. The van der Waals surface area contributed by atoms with E-state index in [1.54, 1.807) is 0 Å². The van der Waals surface area contributed by atoms with Crippen molar-refractivity contribution >= 4 is 5.69 Å². The monoisotopic (exact) mass is 260 g/mol. The third-order valence-electron chi connectivity index (χ3n) is 4.17. The van der Waals surface area contributed by atoms with E-state index >= 15 is 0 Å². The molecule has 0 aliphatic heterocycles. The quantitative estimate of drug-likeness (QED) is 0.811. The van der Waals surface area contributed by atoms with Gasteiger partial charge in [-0.1, -0.05) is 38.8 Å². The molecule has 0 spiro atoms. The lowest BCUT2D eigenvalue weighted by molar-refractivity contribution is 0.168. The summed E-state index contributed by atoms with van der Waals surface area (Å²) in [5.41, 5.74) is 9.49. The summed E-state index contributed by atoms with van der Waals surface area (Å²) in [6.07, 6.45) is 5.53. The Morgan fingerprint density at radius 2 is 1.95 bits per heavy atom. The fourth-order valence-corrected chi connectivity index (χ4v) is 3.10. The van der Waals surface area contributed by atoms with E-state index in [0.717, 1.165) is 24.2 Å². The van der Waals surface area contributed by atoms with Crippen LogP contribution in [0, 0.1) is 12.8 Å². The lowest BCUT2D eigenvalue weighted by Crippen LogP contribution is -2.35. The van der Waals surface area contributed by atoms with Crippen molar-refractivity contribution in [3.05, 3.63) is 29.3 Å². The first-order chi connectivity index (χ1) is 9.06. The van der Waals surface area contributed by atoms with Crippen LogP contribution >= 0.6 is 0 Å². The van der Waals surface area contributed by atoms with Crippen LogP contribution in [0.2, 0.25) is 0 Å². The van der Waals surface area contributed by atoms with Crippen molar-refractivity contribution < 1.29 is 0 Å². The van der Waals surface area contributed by atoms with E-state index in [1.807, 2.05) is 0 Å². The number of nitrogens with zero attached hydrogens (tertiary/aromatic N) is 1. The van der Waals surface area contributed by atoms with E-state index in [1.165, 1.54) is 43.4 Å². The third-order valence-corrected chi connectivity index (χ3v) is 4.17. The highest BCUT2D eigenvalue weighted by atomic mass is 15.2. The average molecular weight is 260 g/mol. The Hall–Kier alpha value is -1.02. The van der Waals surface area contributed by atoms with E-state index in [4.69, 9.17) is 5.73 Å². The highest BCUT2D eigenvalue weighted by Gasteiger charge is 2.23. The van der Waals surface area contributed by atoms with Crippen LogP contribution in [0.15, 0.2) is 18.2 Å². The number of aryl methyl sites for hydroxylation is 1. The first-order valence-electron chi connectivity index (χ1n) is 7.65. The van der Waals surface area contributed by atoms with Crippen molar-refractivity contribution in [3.63, 3.8) is 0 Å². The molecule has 1 aliphatic carbocycles. The number of benzene rings is 1. The summed E-state index contributed by atoms with van der Waals surface area (Å²) in [5, 5.41) is 0. The average Bonchev–Trinajstić information content (AvgIpc) is 2.86. The van der Waals surface area contributed by atoms with Crippen LogP contribution in [-0.4, -0.2) is 17.5 Å². The Kier molecular flexibility index (Phi) is 4.87. The number of hydrogen-bond acceptors (Lipinski definition) is 2. The van der Waals surface area contributed by atoms with E-state index < -0.39 is 0 Å². The molecular formula is C17H28N2. The Labute approximate surface area is 118 Å². The van der Waals surface area contributed by atoms with Crippen LogP contribution in [0.5, 0.6) is 0 Å². The van der Waals surface area contributed by atoms with Gasteiger partial charge in [0, 0.05) is 24.8 Å². The standard InChI is InChI=1S/C17H28N2/c1-13(2)11-19(16-6-4-5-7-16)12-15-9-8-14(3)17(18)10-15/h8-10,13,16H,4-7,11-12,18H2,1-3H3. The molecular weight excluding hydrogens is 232 g/mol. The predicted molar refractivity (Wildman–Crippen MR) is 83.1 cm³/mol. The van der Waals surface area contributed by atoms with Gasteiger partial charge in [-0.25, -0.2) is 0 Å². The molecule has 2 nitrogen and oxygen atoms in total. The SMILES string of the molecule is Cc1ccc(CN(CC(C)C)C2CCCC2)cc1N. The van der Waals surface area contributed by atoms with Crippen LogP contribution in [0.25, 0.3) is 0 Å². The van der Waals surface area contributed by atoms with Crippen molar-refractivity contribution in [2.75, 3.05) is 12.3 Å². The lowest BCUT2D eigenvalue weighted by atomic mass is 10.1. The first-order valence-corrected chi connectivity index (χ1v) is 7.65. The van der Waals surface area contributed by atoms with Gasteiger partial charge in [0.1, 0.15) is 0 Å². The first kappa shape index (κ1) is 14.4. The Balaban J connectivity index is 2.07. The van der Waals surface area contributed by atoms with Crippen molar-refractivity contribution in [1.29, 1.82) is 0 Å². The third kappa shape index (κ3) is 3.97. The largest absolute Gasteiger partial charge is 0.399 e. The van der Waals surface area contributed by atoms with Gasteiger partial charge in [0.2, 0.25) is 0 Å². The summed E-state index contributed by atoms with van der Waals surface area (Å²) in [6, 6.07) is 7.31. The van der Waals surface area contributed by atoms with Crippen LogP contribution < -0.4 is 5.73 Å². The molecule has 1 aromatic carbocycles. The van der Waals surface area contributed by atoms with Gasteiger partial charge in [0.05, 0.1) is 0 Å². The second-order valence-corrected chi connectivity index (χ2v) is 6.45. The van der Waals surface area contributed by atoms with Gasteiger partial charge in [-0.3, -0.25) is 4.90 Å². The van der Waals surface area contributed by atoms with Gasteiger partial charge in [-0.05, 0) is 42.9 Å². The molecule has 0 heterocycles. The smallest absolute Gasteiger partial charge is 0.0346 e. The van der Waals surface area contributed by atoms with E-state index in [0.29, 0.717) is 0 Å². The summed E-state index contributed by atoms with van der Waals surface area (Å²) in [7, 11) is 0. The Morgan fingerprint density at radius 3 is 2.53 bits per heavy atom. The van der Waals surface area contributed by atoms with Crippen LogP contribution in [-0.2, 0) is 6.54 Å². The number of nitrogen functional groups attached to an aromatic ring is 1. The highest BCUT2D eigenvalue weighted by molar-refractivity contribution is 5.48. The van der Waals surface area contributed by atoms with Gasteiger partial charge in [-0.2, -0.15) is 0 Å². The zero-order valence-electron chi connectivity index (χ0n) is 12.7. The molecule has 106 valence electrons. The van der Waals surface area contributed by atoms with Crippen LogP contribution in [0.4, 0.5) is 5.69 Å². The lowest BCUT2D eigenvalue weighted by Gasteiger charge is -2.30. The summed E-state index contributed by atoms with van der Waals surface area (Å²) < 4.78 is 0. The van der Waals surface area contributed by atoms with Crippen molar-refractivity contribution in [2.24, 2.45) is 5.92 Å². The number of nitrogens with two attached hydrogens (primary N) is 1. The molecule has 0 atom stereocenters. The minimum Gasteiger partial charge on any atom is -0.399 e. The minimum absolute atomic E-state index is 0.725. The zero-order valence-corrected chi connectivity index (χ0v) is 12.7. The molecule has 2 heteroatoms. The van der Waals surface area contributed by atoms with Gasteiger partial charge >= 0.3 is 0 Å². The summed E-state index contributed by atoms with van der Waals surface area (Å²) in [4.78, 5) is 2.67. The molecule has 0 saturated heterocycles. The predicted octanol–water partition coefficient (Wildman–Crippen LogP) is 3.98. The molecule has 0 bridgehead atoms. The summed E-state index contributed by atoms with van der Waals surface area (Å²) >= 11 is 0. The Morgan fingerprint density at radius 1 is 1.26 bits per heavy atom. The second-order valence-electron chi connectivity index (χ2n) is 6.45. The molecule has 0 unspecified atom stereocenters. The number of anilines is 1. The molecule has 2 N–H and O–H groups in total. The van der Waals surface area contributed by atoms with Crippen molar-refractivity contribution in [1.82, 2.24) is 4.90 Å². The van der Waals surface area contributed by atoms with Gasteiger partial charge in [-0.15, -0.1) is 0 Å². The zero-order chi connectivity index (χ0) is 13.8.